The molecule has 3 rings (SSSR count). The van der Waals surface area contributed by atoms with Crippen LogP contribution in [-0.2, 0) is 4.79 Å². The van der Waals surface area contributed by atoms with Gasteiger partial charge in [0, 0.05) is 16.1 Å². The number of benzene rings is 2. The molecule has 1 heterocycles. The van der Waals surface area contributed by atoms with E-state index in [2.05, 4.69) is 5.32 Å². The van der Waals surface area contributed by atoms with Crippen molar-refractivity contribution in [3.63, 3.8) is 0 Å². The Kier molecular flexibility index (Phi) is 3.52. The Hall–Kier alpha value is -2.13. The van der Waals surface area contributed by atoms with E-state index in [-0.39, 0.29) is 17.6 Å². The van der Waals surface area contributed by atoms with E-state index >= 15 is 0 Å². The molecule has 4 heteroatoms. The minimum atomic E-state index is -0.169. The van der Waals surface area contributed by atoms with Crippen LogP contribution in [0.1, 0.15) is 40.7 Å². The maximum Gasteiger partial charge on any atom is 0.232 e. The molecule has 1 aliphatic rings. The maximum absolute atomic E-state index is 12.6. The van der Waals surface area contributed by atoms with Gasteiger partial charge in [-0.05, 0) is 42.3 Å². The van der Waals surface area contributed by atoms with Crippen molar-refractivity contribution in [3.05, 3.63) is 64.2 Å². The van der Waals surface area contributed by atoms with Crippen LogP contribution in [0.4, 0.5) is 5.69 Å². The molecule has 21 heavy (non-hydrogen) atoms. The molecule has 0 spiro atoms. The van der Waals surface area contributed by atoms with Crippen molar-refractivity contribution in [3.8, 4) is 0 Å². The molecule has 0 radical (unpaired) electrons. The van der Waals surface area contributed by atoms with Gasteiger partial charge in [-0.25, -0.2) is 0 Å². The standard InChI is InChI=1S/C17H14ClNO2/c1-2-12-13-4-3-5-14(15(13)19-17(12)21)16(20)10-6-8-11(18)9-7-10/h3-9,12H,2H2,1H3,(H,19,21). The molecule has 0 aliphatic carbocycles. The summed E-state index contributed by atoms with van der Waals surface area (Å²) < 4.78 is 0. The molecular formula is C17H14ClNO2. The molecule has 1 atom stereocenters. The lowest BCUT2D eigenvalue weighted by molar-refractivity contribution is -0.117. The molecule has 1 aliphatic heterocycles. The average Bonchev–Trinajstić information content (AvgIpc) is 2.82. The fourth-order valence-corrected chi connectivity index (χ4v) is 2.83. The lowest BCUT2D eigenvalue weighted by Gasteiger charge is -2.08. The number of para-hydroxylation sites is 1. The zero-order valence-corrected chi connectivity index (χ0v) is 12.3. The first-order valence-electron chi connectivity index (χ1n) is 6.86. The van der Waals surface area contributed by atoms with Gasteiger partial charge >= 0.3 is 0 Å². The number of carbonyl (C=O) groups excluding carboxylic acids is 2. The topological polar surface area (TPSA) is 46.2 Å². The molecule has 0 saturated carbocycles. The highest BCUT2D eigenvalue weighted by Gasteiger charge is 2.32. The molecule has 0 aromatic heterocycles. The highest BCUT2D eigenvalue weighted by atomic mass is 35.5. The molecule has 0 saturated heterocycles. The summed E-state index contributed by atoms with van der Waals surface area (Å²) >= 11 is 5.84. The van der Waals surface area contributed by atoms with Gasteiger partial charge in [0.05, 0.1) is 11.6 Å². The summed E-state index contributed by atoms with van der Waals surface area (Å²) in [5.41, 5.74) is 2.64. The lowest BCUT2D eigenvalue weighted by Crippen LogP contribution is -2.11. The number of hydrogen-bond acceptors (Lipinski definition) is 2. The second kappa shape index (κ2) is 5.34. The minimum absolute atomic E-state index is 0.0381. The van der Waals surface area contributed by atoms with E-state index in [1.54, 1.807) is 30.3 Å². The molecule has 0 bridgehead atoms. The number of hydrogen-bond donors (Lipinski definition) is 1. The second-order valence-electron chi connectivity index (χ2n) is 5.06. The van der Waals surface area contributed by atoms with Gasteiger partial charge in [-0.3, -0.25) is 9.59 Å². The lowest BCUT2D eigenvalue weighted by atomic mass is 9.94. The Bertz CT molecular complexity index is 722. The molecule has 1 unspecified atom stereocenters. The van der Waals surface area contributed by atoms with Crippen molar-refractivity contribution in [2.45, 2.75) is 19.3 Å². The van der Waals surface area contributed by atoms with Crippen molar-refractivity contribution in [2.75, 3.05) is 5.32 Å². The van der Waals surface area contributed by atoms with E-state index in [4.69, 9.17) is 11.6 Å². The smallest absolute Gasteiger partial charge is 0.232 e. The van der Waals surface area contributed by atoms with Gasteiger partial charge in [-0.15, -0.1) is 0 Å². The monoisotopic (exact) mass is 299 g/mol. The van der Waals surface area contributed by atoms with Gasteiger partial charge in [0.15, 0.2) is 5.78 Å². The van der Waals surface area contributed by atoms with Crippen LogP contribution in [0, 0.1) is 0 Å². The van der Waals surface area contributed by atoms with Gasteiger partial charge in [0.2, 0.25) is 5.91 Å². The Morgan fingerprint density at radius 1 is 1.19 bits per heavy atom. The average molecular weight is 300 g/mol. The number of amides is 1. The highest BCUT2D eigenvalue weighted by Crippen LogP contribution is 2.37. The first-order valence-corrected chi connectivity index (χ1v) is 7.23. The summed E-state index contributed by atoms with van der Waals surface area (Å²) in [6.07, 6.45) is 0.720. The first kappa shape index (κ1) is 13.8. The Morgan fingerprint density at radius 2 is 1.90 bits per heavy atom. The largest absolute Gasteiger partial charge is 0.325 e. The van der Waals surface area contributed by atoms with Gasteiger partial charge < -0.3 is 5.32 Å². The molecule has 1 N–H and O–H groups in total. The van der Waals surface area contributed by atoms with E-state index in [1.165, 1.54) is 0 Å². The quantitative estimate of drug-likeness (QED) is 0.870. The predicted octanol–water partition coefficient (Wildman–Crippen LogP) is 4.02. The maximum atomic E-state index is 12.6. The van der Waals surface area contributed by atoms with Crippen molar-refractivity contribution < 1.29 is 9.59 Å². The summed E-state index contributed by atoms with van der Waals surface area (Å²) in [6, 6.07) is 12.2. The molecule has 2 aromatic carbocycles. The summed E-state index contributed by atoms with van der Waals surface area (Å²) in [5, 5.41) is 3.43. The zero-order valence-electron chi connectivity index (χ0n) is 11.5. The van der Waals surface area contributed by atoms with Gasteiger partial charge in [0.25, 0.3) is 0 Å². The summed E-state index contributed by atoms with van der Waals surface area (Å²) in [5.74, 6) is -0.317. The number of fused-ring (bicyclic) bond motifs is 1. The number of nitrogens with one attached hydrogen (secondary N) is 1. The van der Waals surface area contributed by atoms with Crippen molar-refractivity contribution in [1.29, 1.82) is 0 Å². The van der Waals surface area contributed by atoms with E-state index in [9.17, 15) is 9.59 Å². The number of rotatable bonds is 3. The molecule has 106 valence electrons. The van der Waals surface area contributed by atoms with Crippen LogP contribution < -0.4 is 5.32 Å². The number of halogens is 1. The van der Waals surface area contributed by atoms with E-state index in [1.807, 2.05) is 19.1 Å². The second-order valence-corrected chi connectivity index (χ2v) is 5.49. The third kappa shape index (κ3) is 2.34. The number of ketones is 1. The number of carbonyl (C=O) groups is 2. The summed E-state index contributed by atoms with van der Waals surface area (Å²) in [7, 11) is 0. The van der Waals surface area contributed by atoms with Crippen LogP contribution in [0.3, 0.4) is 0 Å². The molecule has 1 amide bonds. The van der Waals surface area contributed by atoms with Crippen LogP contribution in [0.25, 0.3) is 0 Å². The van der Waals surface area contributed by atoms with Crippen molar-refractivity contribution in [2.24, 2.45) is 0 Å². The van der Waals surface area contributed by atoms with Crippen LogP contribution >= 0.6 is 11.6 Å². The Balaban J connectivity index is 2.05. The van der Waals surface area contributed by atoms with Gasteiger partial charge in [-0.2, -0.15) is 0 Å². The SMILES string of the molecule is CCC1C(=O)Nc2c(C(=O)c3ccc(Cl)cc3)cccc21. The zero-order chi connectivity index (χ0) is 15.0. The predicted molar refractivity (Wildman–Crippen MR) is 83.0 cm³/mol. The molecule has 2 aromatic rings. The van der Waals surface area contributed by atoms with Crippen LogP contribution in [0.5, 0.6) is 0 Å². The third-order valence-electron chi connectivity index (χ3n) is 3.80. The highest BCUT2D eigenvalue weighted by molar-refractivity contribution is 6.30. The first-order chi connectivity index (χ1) is 10.1. The van der Waals surface area contributed by atoms with E-state index in [0.29, 0.717) is 21.8 Å². The van der Waals surface area contributed by atoms with Gasteiger partial charge in [-0.1, -0.05) is 30.7 Å². The van der Waals surface area contributed by atoms with Crippen LogP contribution in [0.2, 0.25) is 5.02 Å². The normalized spacial score (nSPS) is 16.5. The summed E-state index contributed by atoms with van der Waals surface area (Å²) in [6.45, 7) is 1.97. The molecular weight excluding hydrogens is 286 g/mol. The van der Waals surface area contributed by atoms with Crippen molar-refractivity contribution in [1.82, 2.24) is 0 Å². The molecule has 3 nitrogen and oxygen atoms in total. The van der Waals surface area contributed by atoms with Crippen LogP contribution in [0.15, 0.2) is 42.5 Å². The Labute approximate surface area is 127 Å². The fourth-order valence-electron chi connectivity index (χ4n) is 2.70. The minimum Gasteiger partial charge on any atom is -0.325 e. The van der Waals surface area contributed by atoms with E-state index in [0.717, 1.165) is 12.0 Å². The van der Waals surface area contributed by atoms with E-state index < -0.39 is 0 Å². The van der Waals surface area contributed by atoms with Crippen LogP contribution in [-0.4, -0.2) is 11.7 Å². The third-order valence-corrected chi connectivity index (χ3v) is 4.05. The number of anilines is 1. The Morgan fingerprint density at radius 3 is 2.57 bits per heavy atom. The summed E-state index contributed by atoms with van der Waals surface area (Å²) in [4.78, 5) is 24.6. The fraction of sp³-hybridized carbons (Fsp3) is 0.176. The molecule has 0 fully saturated rings. The van der Waals surface area contributed by atoms with Crippen molar-refractivity contribution >= 4 is 29.0 Å². The van der Waals surface area contributed by atoms with Gasteiger partial charge in [0.1, 0.15) is 0 Å².